The van der Waals surface area contributed by atoms with Gasteiger partial charge in [-0.05, 0) is 44.9 Å². The monoisotopic (exact) mass is 215 g/mol. The average molecular weight is 215 g/mol. The van der Waals surface area contributed by atoms with Gasteiger partial charge in [-0.2, -0.15) is 0 Å². The van der Waals surface area contributed by atoms with Crippen molar-refractivity contribution in [3.63, 3.8) is 0 Å². The molecule has 1 rings (SSSR count). The Morgan fingerprint density at radius 3 is 3.00 bits per heavy atom. The minimum Gasteiger partial charge on any atom is -0.376 e. The van der Waals surface area contributed by atoms with Crippen LogP contribution in [0.15, 0.2) is 0 Å². The lowest BCUT2D eigenvalue weighted by Crippen LogP contribution is -2.39. The molecule has 0 aromatic carbocycles. The maximum atomic E-state index is 5.35. The Morgan fingerprint density at radius 1 is 1.57 bits per heavy atom. The van der Waals surface area contributed by atoms with Gasteiger partial charge in [0.2, 0.25) is 0 Å². The molecule has 0 aliphatic carbocycles. The van der Waals surface area contributed by atoms with Crippen LogP contribution in [0.2, 0.25) is 0 Å². The molecule has 14 heavy (non-hydrogen) atoms. The molecule has 1 atom stereocenters. The van der Waals surface area contributed by atoms with Gasteiger partial charge < -0.3 is 16.0 Å². The van der Waals surface area contributed by atoms with Crippen LogP contribution < -0.4 is 11.1 Å². The van der Waals surface area contributed by atoms with Crippen molar-refractivity contribution < 1.29 is 0 Å². The Balaban J connectivity index is 2.07. The van der Waals surface area contributed by atoms with Gasteiger partial charge in [0.05, 0.1) is 0 Å². The summed E-state index contributed by atoms with van der Waals surface area (Å²) in [7, 11) is 0. The first-order valence-electron chi connectivity index (χ1n) is 5.47. The Hall–Kier alpha value is -0.350. The molecule has 1 unspecified atom stereocenters. The quantitative estimate of drug-likeness (QED) is 0.544. The fraction of sp³-hybridized carbons (Fsp3) is 0.900. The standard InChI is InChI=1S/C10H21N3S/c1-9-5-2-3-7-13(9)8-4-6-12-10(11)14/h9H,2-8H2,1H3,(H3,11,12,14). The molecule has 0 aromatic rings. The molecule has 0 amide bonds. The minimum absolute atomic E-state index is 0.414. The smallest absolute Gasteiger partial charge is 0.163 e. The van der Waals surface area contributed by atoms with E-state index >= 15 is 0 Å². The molecule has 0 bridgehead atoms. The second kappa shape index (κ2) is 6.19. The van der Waals surface area contributed by atoms with E-state index in [0.717, 1.165) is 25.6 Å². The van der Waals surface area contributed by atoms with Gasteiger partial charge in [0.1, 0.15) is 0 Å². The first kappa shape index (κ1) is 11.7. The van der Waals surface area contributed by atoms with Crippen LogP contribution in [-0.4, -0.2) is 35.7 Å². The molecule has 0 saturated carbocycles. The molecular formula is C10H21N3S. The number of nitrogens with zero attached hydrogens (tertiary/aromatic N) is 1. The molecule has 1 fully saturated rings. The fourth-order valence-electron chi connectivity index (χ4n) is 1.98. The summed E-state index contributed by atoms with van der Waals surface area (Å²) in [6.07, 6.45) is 5.22. The third-order valence-electron chi connectivity index (χ3n) is 2.86. The van der Waals surface area contributed by atoms with E-state index in [1.54, 1.807) is 0 Å². The van der Waals surface area contributed by atoms with Gasteiger partial charge in [0.25, 0.3) is 0 Å². The largest absolute Gasteiger partial charge is 0.376 e. The number of thiocarbonyl (C=S) groups is 1. The van der Waals surface area contributed by atoms with Crippen LogP contribution in [0.25, 0.3) is 0 Å². The molecular weight excluding hydrogens is 194 g/mol. The zero-order valence-electron chi connectivity index (χ0n) is 8.96. The predicted molar refractivity (Wildman–Crippen MR) is 64.3 cm³/mol. The van der Waals surface area contributed by atoms with Crippen molar-refractivity contribution in [2.75, 3.05) is 19.6 Å². The number of nitrogens with one attached hydrogen (secondary N) is 1. The summed E-state index contributed by atoms with van der Waals surface area (Å²) in [5.41, 5.74) is 5.35. The number of rotatable bonds is 4. The molecule has 0 radical (unpaired) electrons. The van der Waals surface area contributed by atoms with Gasteiger partial charge in [-0.15, -0.1) is 0 Å². The SMILES string of the molecule is CC1CCCCN1CCCNC(N)=S. The highest BCUT2D eigenvalue weighted by Crippen LogP contribution is 2.15. The van der Waals surface area contributed by atoms with Crippen molar-refractivity contribution in [3.8, 4) is 0 Å². The van der Waals surface area contributed by atoms with Crippen molar-refractivity contribution >= 4 is 17.3 Å². The Kier molecular flexibility index (Phi) is 5.19. The topological polar surface area (TPSA) is 41.3 Å². The number of hydrogen-bond acceptors (Lipinski definition) is 2. The molecule has 0 spiro atoms. The summed E-state index contributed by atoms with van der Waals surface area (Å²) in [6.45, 7) is 5.64. The fourth-order valence-corrected chi connectivity index (χ4v) is 2.09. The van der Waals surface area contributed by atoms with E-state index in [4.69, 9.17) is 18.0 Å². The number of nitrogens with two attached hydrogens (primary N) is 1. The van der Waals surface area contributed by atoms with Crippen molar-refractivity contribution in [1.82, 2.24) is 10.2 Å². The number of likely N-dealkylation sites (tertiary alicyclic amines) is 1. The second-order valence-electron chi connectivity index (χ2n) is 4.03. The highest BCUT2D eigenvalue weighted by molar-refractivity contribution is 7.80. The second-order valence-corrected chi connectivity index (χ2v) is 4.47. The van der Waals surface area contributed by atoms with E-state index in [-0.39, 0.29) is 0 Å². The normalized spacial score (nSPS) is 23.4. The van der Waals surface area contributed by atoms with Crippen LogP contribution in [0, 0.1) is 0 Å². The predicted octanol–water partition coefficient (Wildman–Crippen LogP) is 1.08. The third kappa shape index (κ3) is 4.24. The highest BCUT2D eigenvalue weighted by Gasteiger charge is 2.16. The van der Waals surface area contributed by atoms with Crippen molar-refractivity contribution in [3.05, 3.63) is 0 Å². The van der Waals surface area contributed by atoms with Gasteiger partial charge in [-0.3, -0.25) is 0 Å². The molecule has 3 N–H and O–H groups in total. The molecule has 1 aliphatic heterocycles. The lowest BCUT2D eigenvalue weighted by atomic mass is 10.0. The zero-order valence-corrected chi connectivity index (χ0v) is 9.78. The molecule has 1 aliphatic rings. The third-order valence-corrected chi connectivity index (χ3v) is 3.01. The number of piperidine rings is 1. The summed E-state index contributed by atoms with van der Waals surface area (Å²) >= 11 is 4.74. The highest BCUT2D eigenvalue weighted by atomic mass is 32.1. The van der Waals surface area contributed by atoms with Crippen molar-refractivity contribution in [2.45, 2.75) is 38.6 Å². The lowest BCUT2D eigenvalue weighted by molar-refractivity contribution is 0.159. The van der Waals surface area contributed by atoms with E-state index < -0.39 is 0 Å². The van der Waals surface area contributed by atoms with E-state index in [2.05, 4.69) is 17.1 Å². The molecule has 4 heteroatoms. The van der Waals surface area contributed by atoms with E-state index in [1.807, 2.05) is 0 Å². The van der Waals surface area contributed by atoms with Gasteiger partial charge >= 0.3 is 0 Å². The van der Waals surface area contributed by atoms with Crippen LogP contribution in [0.3, 0.4) is 0 Å². The Bertz CT molecular complexity index is 184. The Morgan fingerprint density at radius 2 is 2.36 bits per heavy atom. The first-order chi connectivity index (χ1) is 6.70. The first-order valence-corrected chi connectivity index (χ1v) is 5.88. The van der Waals surface area contributed by atoms with E-state index in [0.29, 0.717) is 5.11 Å². The average Bonchev–Trinajstić information content (AvgIpc) is 2.15. The molecule has 1 heterocycles. The van der Waals surface area contributed by atoms with E-state index in [9.17, 15) is 0 Å². The van der Waals surface area contributed by atoms with Crippen LogP contribution >= 0.6 is 12.2 Å². The summed E-state index contributed by atoms with van der Waals surface area (Å²) in [5.74, 6) is 0. The van der Waals surface area contributed by atoms with Crippen molar-refractivity contribution in [1.29, 1.82) is 0 Å². The minimum atomic E-state index is 0.414. The summed E-state index contributed by atoms with van der Waals surface area (Å²) < 4.78 is 0. The summed E-state index contributed by atoms with van der Waals surface area (Å²) in [4.78, 5) is 2.56. The van der Waals surface area contributed by atoms with Gasteiger partial charge in [-0.25, -0.2) is 0 Å². The molecule has 3 nitrogen and oxygen atoms in total. The molecule has 0 aromatic heterocycles. The maximum absolute atomic E-state index is 5.35. The van der Waals surface area contributed by atoms with Gasteiger partial charge in [0.15, 0.2) is 5.11 Å². The van der Waals surface area contributed by atoms with Crippen LogP contribution in [0.1, 0.15) is 32.6 Å². The van der Waals surface area contributed by atoms with E-state index in [1.165, 1.54) is 25.8 Å². The Labute approximate surface area is 92.0 Å². The van der Waals surface area contributed by atoms with Gasteiger partial charge in [-0.1, -0.05) is 6.42 Å². The van der Waals surface area contributed by atoms with Crippen LogP contribution in [0.4, 0.5) is 0 Å². The molecule has 1 saturated heterocycles. The number of hydrogen-bond donors (Lipinski definition) is 2. The van der Waals surface area contributed by atoms with Gasteiger partial charge in [0, 0.05) is 19.1 Å². The molecule has 82 valence electrons. The van der Waals surface area contributed by atoms with Crippen molar-refractivity contribution in [2.24, 2.45) is 5.73 Å². The maximum Gasteiger partial charge on any atom is 0.163 e. The van der Waals surface area contributed by atoms with Crippen LogP contribution in [0.5, 0.6) is 0 Å². The zero-order chi connectivity index (χ0) is 10.4. The summed E-state index contributed by atoms with van der Waals surface area (Å²) in [6, 6.07) is 0.758. The summed E-state index contributed by atoms with van der Waals surface area (Å²) in [5, 5.41) is 3.40. The lowest BCUT2D eigenvalue weighted by Gasteiger charge is -2.33. The van der Waals surface area contributed by atoms with Crippen LogP contribution in [-0.2, 0) is 0 Å².